The summed E-state index contributed by atoms with van der Waals surface area (Å²) in [5, 5.41) is 20.8. The Morgan fingerprint density at radius 2 is 1.61 bits per heavy atom. The van der Waals surface area contributed by atoms with Gasteiger partial charge in [-0.25, -0.2) is 0 Å². The van der Waals surface area contributed by atoms with Crippen molar-refractivity contribution in [2.75, 3.05) is 29.4 Å². The summed E-state index contributed by atoms with van der Waals surface area (Å²) in [5.41, 5.74) is 3.51. The minimum Gasteiger partial charge on any atom is -0.497 e. The lowest BCUT2D eigenvalue weighted by atomic mass is 10.0. The zero-order chi connectivity index (χ0) is 26.4. The zero-order valence-corrected chi connectivity index (χ0v) is 21.6. The summed E-state index contributed by atoms with van der Waals surface area (Å²) >= 11 is 1.37. The largest absolute Gasteiger partial charge is 0.497 e. The Labute approximate surface area is 215 Å². The van der Waals surface area contributed by atoms with Crippen LogP contribution in [0.2, 0.25) is 0 Å². The fourth-order valence-electron chi connectivity index (χ4n) is 4.25. The van der Waals surface area contributed by atoms with Gasteiger partial charge in [-0.2, -0.15) is 0 Å². The van der Waals surface area contributed by atoms with Crippen LogP contribution in [-0.2, 0) is 9.59 Å². The number of ether oxygens (including phenoxy) is 1. The van der Waals surface area contributed by atoms with E-state index in [4.69, 9.17) is 11.2 Å². The van der Waals surface area contributed by atoms with Gasteiger partial charge in [0.2, 0.25) is 0 Å². The molecular weight excluding hydrogens is 476 g/mol. The number of aryl methyl sites for hydroxylation is 2. The number of benzene rings is 3. The molecule has 7 nitrogen and oxygen atoms in total. The minimum atomic E-state index is -0.955. The molecule has 0 aliphatic carbocycles. The fraction of sp³-hybridized carbons (Fsp3) is 0.286. The van der Waals surface area contributed by atoms with Gasteiger partial charge in [-0.1, -0.05) is 30.2 Å². The topological polar surface area (TPSA) is 90.3 Å². The van der Waals surface area contributed by atoms with E-state index >= 15 is 0 Å². The van der Waals surface area contributed by atoms with Crippen LogP contribution in [-0.4, -0.2) is 48.4 Å². The van der Waals surface area contributed by atoms with Gasteiger partial charge in [0.15, 0.2) is 0 Å². The van der Waals surface area contributed by atoms with E-state index in [0.717, 1.165) is 43.9 Å². The van der Waals surface area contributed by atoms with Crippen molar-refractivity contribution in [3.8, 4) is 18.1 Å². The predicted molar refractivity (Wildman–Crippen MR) is 145 cm³/mol. The van der Waals surface area contributed by atoms with Crippen molar-refractivity contribution in [1.82, 2.24) is 0 Å². The molecule has 0 amide bonds. The summed E-state index contributed by atoms with van der Waals surface area (Å²) in [4.78, 5) is 26.1. The molecular formula is C28H30N2O5S. The van der Waals surface area contributed by atoms with E-state index in [9.17, 15) is 19.8 Å². The van der Waals surface area contributed by atoms with E-state index in [2.05, 4.69) is 5.92 Å². The summed E-state index contributed by atoms with van der Waals surface area (Å²) in [6.07, 6.45) is 5.56. The first kappa shape index (κ1) is 26.8. The van der Waals surface area contributed by atoms with Gasteiger partial charge in [-0.3, -0.25) is 9.59 Å². The van der Waals surface area contributed by atoms with Crippen molar-refractivity contribution in [3.05, 3.63) is 59.7 Å². The molecule has 1 atom stereocenters. The first-order valence-electron chi connectivity index (χ1n) is 11.4. The highest BCUT2D eigenvalue weighted by atomic mass is 32.2. The van der Waals surface area contributed by atoms with Gasteiger partial charge in [0, 0.05) is 27.4 Å². The molecule has 0 unspecified atom stereocenters. The molecule has 0 fully saturated rings. The van der Waals surface area contributed by atoms with Gasteiger partial charge in [-0.05, 0) is 68.1 Å². The number of carboxylic acids is 2. The van der Waals surface area contributed by atoms with Gasteiger partial charge in [-0.15, -0.1) is 6.42 Å². The molecule has 0 saturated heterocycles. The average molecular weight is 507 g/mol. The van der Waals surface area contributed by atoms with Gasteiger partial charge in [0.05, 0.1) is 25.8 Å². The molecule has 36 heavy (non-hydrogen) atoms. The van der Waals surface area contributed by atoms with Crippen LogP contribution in [0.15, 0.2) is 53.4 Å². The molecule has 0 spiro atoms. The van der Waals surface area contributed by atoms with Crippen LogP contribution in [0.4, 0.5) is 11.4 Å². The molecule has 0 aromatic heterocycles. The molecule has 188 valence electrons. The van der Waals surface area contributed by atoms with Crippen LogP contribution in [0, 0.1) is 26.2 Å². The normalized spacial score (nSPS) is 11.5. The van der Waals surface area contributed by atoms with Gasteiger partial charge in [0.1, 0.15) is 12.3 Å². The smallest absolute Gasteiger partial charge is 0.324 e. The number of hydrogen-bond acceptors (Lipinski definition) is 6. The van der Waals surface area contributed by atoms with Crippen molar-refractivity contribution in [2.45, 2.75) is 38.1 Å². The number of carboxylic acid groups (broad SMARTS) is 2. The van der Waals surface area contributed by atoms with Crippen molar-refractivity contribution in [3.63, 3.8) is 0 Å². The molecule has 3 aromatic rings. The molecule has 3 rings (SSSR count). The molecule has 0 radical (unpaired) electrons. The van der Waals surface area contributed by atoms with E-state index in [0.29, 0.717) is 0 Å². The maximum absolute atomic E-state index is 11.9. The zero-order valence-electron chi connectivity index (χ0n) is 20.8. The second-order valence-electron chi connectivity index (χ2n) is 8.54. The highest BCUT2D eigenvalue weighted by Crippen LogP contribution is 2.41. The number of hydrogen-bond donors (Lipinski definition) is 2. The van der Waals surface area contributed by atoms with Crippen LogP contribution in [0.3, 0.4) is 0 Å². The molecule has 0 aliphatic heterocycles. The molecule has 8 heteroatoms. The third-order valence-electron chi connectivity index (χ3n) is 5.87. The highest BCUT2D eigenvalue weighted by molar-refractivity contribution is 8.00. The molecule has 0 aliphatic rings. The average Bonchev–Trinajstić information content (AvgIpc) is 2.82. The van der Waals surface area contributed by atoms with E-state index in [1.165, 1.54) is 11.9 Å². The van der Waals surface area contributed by atoms with E-state index < -0.39 is 11.9 Å². The number of methoxy groups -OCH3 is 1. The van der Waals surface area contributed by atoms with E-state index in [-0.39, 0.29) is 25.6 Å². The Morgan fingerprint density at radius 3 is 2.14 bits per heavy atom. The number of terminal acetylenes is 1. The lowest BCUT2D eigenvalue weighted by Gasteiger charge is -2.31. The third kappa shape index (κ3) is 6.04. The maximum Gasteiger partial charge on any atom is 0.324 e. The van der Waals surface area contributed by atoms with Gasteiger partial charge < -0.3 is 24.2 Å². The summed E-state index contributed by atoms with van der Waals surface area (Å²) in [7, 11) is 1.62. The highest BCUT2D eigenvalue weighted by Gasteiger charge is 2.23. The lowest BCUT2D eigenvalue weighted by Crippen LogP contribution is -2.35. The Morgan fingerprint density at radius 1 is 1.03 bits per heavy atom. The molecule has 2 N–H and O–H groups in total. The SMILES string of the molecule is C#CCN(c1ccc(N(CC(=O)O)Sc2c(C)cc(OC)cc2C)c2ccccc12)[C@@H](C)CC(=O)O. The van der Waals surface area contributed by atoms with Crippen LogP contribution in [0.25, 0.3) is 10.8 Å². The lowest BCUT2D eigenvalue weighted by molar-refractivity contribution is -0.137. The minimum absolute atomic E-state index is 0.0607. The number of aliphatic carboxylic acids is 2. The Kier molecular flexibility index (Phi) is 8.73. The van der Waals surface area contributed by atoms with E-state index in [1.54, 1.807) is 11.4 Å². The van der Waals surface area contributed by atoms with Crippen LogP contribution in [0.5, 0.6) is 5.75 Å². The third-order valence-corrected chi connectivity index (χ3v) is 7.24. The number of nitrogens with zero attached hydrogens (tertiary/aromatic N) is 2. The number of carbonyl (C=O) groups is 2. The molecule has 3 aromatic carbocycles. The first-order chi connectivity index (χ1) is 17.2. The summed E-state index contributed by atoms with van der Waals surface area (Å²) in [5.74, 6) is 1.52. The Bertz CT molecular complexity index is 1290. The molecule has 0 bridgehead atoms. The summed E-state index contributed by atoms with van der Waals surface area (Å²) in [6.45, 7) is 5.80. The van der Waals surface area contributed by atoms with Crippen molar-refractivity contribution in [2.24, 2.45) is 0 Å². The second-order valence-corrected chi connectivity index (χ2v) is 9.57. The number of anilines is 2. The number of fused-ring (bicyclic) bond motifs is 1. The maximum atomic E-state index is 11.9. The van der Waals surface area contributed by atoms with Crippen LogP contribution >= 0.6 is 11.9 Å². The quantitative estimate of drug-likeness (QED) is 0.265. The molecule has 0 saturated carbocycles. The predicted octanol–water partition coefficient (Wildman–Crippen LogP) is 5.37. The second kappa shape index (κ2) is 11.7. The standard InChI is InChI=1S/C28H30N2O5S/c1-6-13-29(20(4)16-26(31)32)24-11-12-25(23-10-8-7-9-22(23)24)30(17-27(33)34)36-28-18(2)14-21(35-5)15-19(28)3/h1,7-12,14-15,20H,13,16-17H2,2-5H3,(H,31,32)(H,33,34)/t20-/m0/s1. The van der Waals surface area contributed by atoms with Crippen molar-refractivity contribution in [1.29, 1.82) is 0 Å². The van der Waals surface area contributed by atoms with Gasteiger partial charge in [0.25, 0.3) is 0 Å². The summed E-state index contributed by atoms with van der Waals surface area (Å²) < 4.78 is 7.14. The fourth-order valence-corrected chi connectivity index (χ4v) is 5.31. The number of rotatable bonds is 11. The van der Waals surface area contributed by atoms with Crippen LogP contribution in [0.1, 0.15) is 24.5 Å². The Hall–Kier alpha value is -3.83. The van der Waals surface area contributed by atoms with Crippen molar-refractivity contribution >= 4 is 46.0 Å². The monoisotopic (exact) mass is 506 g/mol. The van der Waals surface area contributed by atoms with Crippen molar-refractivity contribution < 1.29 is 24.5 Å². The molecule has 0 heterocycles. The Balaban J connectivity index is 2.13. The van der Waals surface area contributed by atoms with E-state index in [1.807, 2.05) is 74.2 Å². The first-order valence-corrected chi connectivity index (χ1v) is 12.2. The summed E-state index contributed by atoms with van der Waals surface area (Å²) in [6, 6.07) is 15.0. The van der Waals surface area contributed by atoms with Crippen LogP contribution < -0.4 is 13.9 Å². The van der Waals surface area contributed by atoms with Gasteiger partial charge >= 0.3 is 11.9 Å².